The summed E-state index contributed by atoms with van der Waals surface area (Å²) in [4.78, 5) is 12.6. The fourth-order valence-corrected chi connectivity index (χ4v) is 0.974. The molecular weight excluding hydrogens is 170 g/mol. The largest absolute Gasteiger partial charge is 0.477 e. The number of ether oxygens (including phenoxy) is 1. The molecule has 0 aliphatic carbocycles. The van der Waals surface area contributed by atoms with Gasteiger partial charge in [0.05, 0.1) is 0 Å². The number of hydrogen-bond acceptors (Lipinski definition) is 2. The SMILES string of the molecule is C1CCOC1.O=C(O)c1ccc[nH]1. The van der Waals surface area contributed by atoms with E-state index in [1.54, 1.807) is 12.3 Å². The Balaban J connectivity index is 0.000000145. The summed E-state index contributed by atoms with van der Waals surface area (Å²) in [7, 11) is 0. The number of aromatic nitrogens is 1. The first-order valence-electron chi connectivity index (χ1n) is 4.25. The molecule has 1 fully saturated rings. The Morgan fingerprint density at radius 2 is 2.15 bits per heavy atom. The maximum Gasteiger partial charge on any atom is 0.352 e. The van der Waals surface area contributed by atoms with Crippen molar-refractivity contribution in [2.24, 2.45) is 0 Å². The van der Waals surface area contributed by atoms with E-state index in [0.29, 0.717) is 0 Å². The van der Waals surface area contributed by atoms with E-state index in [2.05, 4.69) is 4.98 Å². The van der Waals surface area contributed by atoms with Gasteiger partial charge < -0.3 is 14.8 Å². The van der Waals surface area contributed by atoms with Gasteiger partial charge >= 0.3 is 5.97 Å². The van der Waals surface area contributed by atoms with E-state index in [1.165, 1.54) is 18.9 Å². The summed E-state index contributed by atoms with van der Waals surface area (Å²) in [6.45, 7) is 2.00. The van der Waals surface area contributed by atoms with Gasteiger partial charge in [-0.05, 0) is 25.0 Å². The van der Waals surface area contributed by atoms with Gasteiger partial charge in [0, 0.05) is 19.4 Å². The average molecular weight is 183 g/mol. The number of carboxylic acids is 1. The Labute approximate surface area is 76.5 Å². The molecule has 1 aliphatic heterocycles. The molecule has 72 valence electrons. The molecule has 4 nitrogen and oxygen atoms in total. The van der Waals surface area contributed by atoms with Crippen LogP contribution in [-0.2, 0) is 4.74 Å². The lowest BCUT2D eigenvalue weighted by Gasteiger charge is -1.80. The number of hydrogen-bond donors (Lipinski definition) is 2. The zero-order valence-corrected chi connectivity index (χ0v) is 7.32. The Morgan fingerprint density at radius 3 is 2.38 bits per heavy atom. The number of nitrogens with one attached hydrogen (secondary N) is 1. The smallest absolute Gasteiger partial charge is 0.352 e. The van der Waals surface area contributed by atoms with Crippen molar-refractivity contribution in [2.75, 3.05) is 13.2 Å². The van der Waals surface area contributed by atoms with Crippen molar-refractivity contribution in [3.8, 4) is 0 Å². The highest BCUT2D eigenvalue weighted by Gasteiger charge is 1.98. The lowest BCUT2D eigenvalue weighted by Crippen LogP contribution is -1.94. The summed E-state index contributed by atoms with van der Waals surface area (Å²) in [5.41, 5.74) is 0.227. The molecule has 0 spiro atoms. The van der Waals surface area contributed by atoms with E-state index >= 15 is 0 Å². The Hall–Kier alpha value is -1.29. The number of aromatic amines is 1. The van der Waals surface area contributed by atoms with Crippen molar-refractivity contribution >= 4 is 5.97 Å². The van der Waals surface area contributed by atoms with Crippen molar-refractivity contribution in [1.29, 1.82) is 0 Å². The molecule has 0 unspecified atom stereocenters. The molecule has 2 N–H and O–H groups in total. The number of carboxylic acid groups (broad SMARTS) is 1. The highest BCUT2D eigenvalue weighted by atomic mass is 16.5. The Morgan fingerprint density at radius 1 is 1.46 bits per heavy atom. The summed E-state index contributed by atoms with van der Waals surface area (Å²) in [6, 6.07) is 3.14. The summed E-state index contributed by atoms with van der Waals surface area (Å²) in [6.07, 6.45) is 4.13. The van der Waals surface area contributed by atoms with Crippen molar-refractivity contribution in [3.63, 3.8) is 0 Å². The molecule has 0 saturated carbocycles. The molecule has 0 atom stereocenters. The third kappa shape index (κ3) is 3.75. The van der Waals surface area contributed by atoms with Crippen LogP contribution in [0.15, 0.2) is 18.3 Å². The van der Waals surface area contributed by atoms with Crippen LogP contribution >= 0.6 is 0 Å². The molecule has 1 aliphatic rings. The predicted octanol–water partition coefficient (Wildman–Crippen LogP) is 1.51. The minimum Gasteiger partial charge on any atom is -0.477 e. The third-order valence-electron chi connectivity index (χ3n) is 1.66. The second-order valence-electron chi connectivity index (χ2n) is 2.71. The lowest BCUT2D eigenvalue weighted by atomic mass is 10.4. The topological polar surface area (TPSA) is 62.3 Å². The number of carbonyl (C=O) groups is 1. The molecule has 2 heterocycles. The fraction of sp³-hybridized carbons (Fsp3) is 0.444. The average Bonchev–Trinajstić information content (AvgIpc) is 2.82. The Kier molecular flexibility index (Phi) is 4.05. The van der Waals surface area contributed by atoms with Crippen LogP contribution in [0.3, 0.4) is 0 Å². The number of H-pyrrole nitrogens is 1. The molecule has 1 aromatic rings. The molecule has 1 aromatic heterocycles. The van der Waals surface area contributed by atoms with E-state index in [0.717, 1.165) is 13.2 Å². The van der Waals surface area contributed by atoms with Gasteiger partial charge in [-0.2, -0.15) is 0 Å². The minimum atomic E-state index is -0.921. The maximum absolute atomic E-state index is 10.0. The number of rotatable bonds is 1. The van der Waals surface area contributed by atoms with Crippen LogP contribution in [0.4, 0.5) is 0 Å². The summed E-state index contributed by atoms with van der Waals surface area (Å²) in [5, 5.41) is 8.24. The van der Waals surface area contributed by atoms with Crippen molar-refractivity contribution in [2.45, 2.75) is 12.8 Å². The molecular formula is C9H13NO3. The molecule has 4 heteroatoms. The molecule has 0 aromatic carbocycles. The summed E-state index contributed by atoms with van der Waals surface area (Å²) < 4.78 is 4.94. The molecule has 2 rings (SSSR count). The second kappa shape index (κ2) is 5.37. The molecule has 0 radical (unpaired) electrons. The lowest BCUT2D eigenvalue weighted by molar-refractivity contribution is 0.0691. The van der Waals surface area contributed by atoms with Crippen molar-refractivity contribution in [1.82, 2.24) is 4.98 Å². The zero-order chi connectivity index (χ0) is 9.52. The highest BCUT2D eigenvalue weighted by molar-refractivity contribution is 5.85. The van der Waals surface area contributed by atoms with Crippen LogP contribution in [0.25, 0.3) is 0 Å². The van der Waals surface area contributed by atoms with Crippen LogP contribution in [0.1, 0.15) is 23.3 Å². The van der Waals surface area contributed by atoms with Crippen molar-refractivity contribution in [3.05, 3.63) is 24.0 Å². The van der Waals surface area contributed by atoms with Crippen molar-refractivity contribution < 1.29 is 14.6 Å². The first-order chi connectivity index (χ1) is 6.30. The quantitative estimate of drug-likeness (QED) is 0.693. The van der Waals surface area contributed by atoms with E-state index in [9.17, 15) is 4.79 Å². The maximum atomic E-state index is 10.0. The fourth-order valence-electron chi connectivity index (χ4n) is 0.974. The highest BCUT2D eigenvalue weighted by Crippen LogP contribution is 1.98. The van der Waals surface area contributed by atoms with Gasteiger partial charge in [0.15, 0.2) is 0 Å². The molecule has 1 saturated heterocycles. The van der Waals surface area contributed by atoms with Gasteiger partial charge in [0.2, 0.25) is 0 Å². The van der Waals surface area contributed by atoms with Crippen LogP contribution < -0.4 is 0 Å². The van der Waals surface area contributed by atoms with Crippen LogP contribution in [-0.4, -0.2) is 29.3 Å². The normalized spacial score (nSPS) is 14.8. The van der Waals surface area contributed by atoms with Gasteiger partial charge in [-0.15, -0.1) is 0 Å². The first-order valence-corrected chi connectivity index (χ1v) is 4.25. The number of aromatic carboxylic acids is 1. The van der Waals surface area contributed by atoms with Gasteiger partial charge in [0.1, 0.15) is 5.69 Å². The van der Waals surface area contributed by atoms with E-state index in [-0.39, 0.29) is 5.69 Å². The second-order valence-corrected chi connectivity index (χ2v) is 2.71. The van der Waals surface area contributed by atoms with Gasteiger partial charge in [0.25, 0.3) is 0 Å². The van der Waals surface area contributed by atoms with E-state index in [1.807, 2.05) is 0 Å². The van der Waals surface area contributed by atoms with Crippen LogP contribution in [0.2, 0.25) is 0 Å². The molecule has 0 amide bonds. The Bertz CT molecular complexity index is 232. The monoisotopic (exact) mass is 183 g/mol. The van der Waals surface area contributed by atoms with Crippen LogP contribution in [0, 0.1) is 0 Å². The zero-order valence-electron chi connectivity index (χ0n) is 7.32. The summed E-state index contributed by atoms with van der Waals surface area (Å²) in [5.74, 6) is -0.921. The summed E-state index contributed by atoms with van der Waals surface area (Å²) >= 11 is 0. The third-order valence-corrected chi connectivity index (χ3v) is 1.66. The standard InChI is InChI=1S/C5H5NO2.C4H8O/c7-5(8)4-2-1-3-6-4;1-2-4-5-3-1/h1-3,6H,(H,7,8);1-4H2. The minimum absolute atomic E-state index is 0.227. The van der Waals surface area contributed by atoms with Gasteiger partial charge in [-0.3, -0.25) is 0 Å². The van der Waals surface area contributed by atoms with E-state index in [4.69, 9.17) is 9.84 Å². The predicted molar refractivity (Wildman–Crippen MR) is 47.8 cm³/mol. The van der Waals surface area contributed by atoms with Gasteiger partial charge in [-0.1, -0.05) is 0 Å². The van der Waals surface area contributed by atoms with E-state index < -0.39 is 5.97 Å². The molecule has 0 bridgehead atoms. The molecule has 13 heavy (non-hydrogen) atoms. The first kappa shape index (κ1) is 9.80. The van der Waals surface area contributed by atoms with Crippen LogP contribution in [0.5, 0.6) is 0 Å². The van der Waals surface area contributed by atoms with Gasteiger partial charge in [-0.25, -0.2) is 4.79 Å².